The third kappa shape index (κ3) is 3.89. The minimum atomic E-state index is -0.435. The Kier molecular flexibility index (Phi) is 4.85. The van der Waals surface area contributed by atoms with E-state index in [2.05, 4.69) is 20.0 Å². The van der Waals surface area contributed by atoms with Gasteiger partial charge in [-0.15, -0.1) is 0 Å². The summed E-state index contributed by atoms with van der Waals surface area (Å²) in [5, 5.41) is 4.02. The van der Waals surface area contributed by atoms with Crippen molar-refractivity contribution in [2.75, 3.05) is 7.05 Å². The number of carbonyl (C=O) groups is 1. The number of aromatic nitrogens is 3. The number of amides is 1. The molecule has 2 aromatic heterocycles. The molecule has 2 heterocycles. The van der Waals surface area contributed by atoms with Crippen molar-refractivity contribution in [2.45, 2.75) is 19.5 Å². The number of hydrogen-bond acceptors (Lipinski definition) is 6. The second-order valence-corrected chi connectivity index (χ2v) is 5.85. The van der Waals surface area contributed by atoms with Crippen LogP contribution in [0.2, 0.25) is 0 Å². The summed E-state index contributed by atoms with van der Waals surface area (Å²) >= 11 is 0. The molecule has 0 saturated carbocycles. The van der Waals surface area contributed by atoms with E-state index in [1.165, 1.54) is 0 Å². The van der Waals surface area contributed by atoms with Crippen LogP contribution in [0.5, 0.6) is 0 Å². The van der Waals surface area contributed by atoms with Gasteiger partial charge < -0.3 is 10.3 Å². The van der Waals surface area contributed by atoms with Gasteiger partial charge in [0.2, 0.25) is 17.6 Å². The van der Waals surface area contributed by atoms with Crippen LogP contribution in [0.4, 0.5) is 0 Å². The Balaban J connectivity index is 1.72. The van der Waals surface area contributed by atoms with Crippen LogP contribution < -0.4 is 5.73 Å². The van der Waals surface area contributed by atoms with Gasteiger partial charge in [-0.3, -0.25) is 14.7 Å². The van der Waals surface area contributed by atoms with Crippen molar-refractivity contribution in [2.24, 2.45) is 5.73 Å². The normalized spacial score (nSPS) is 12.3. The van der Waals surface area contributed by atoms with Gasteiger partial charge in [-0.1, -0.05) is 17.3 Å². The lowest BCUT2D eigenvalue weighted by Gasteiger charge is -2.21. The average molecular weight is 337 g/mol. The zero-order chi connectivity index (χ0) is 17.8. The Morgan fingerprint density at radius 1 is 1.32 bits per heavy atom. The fraction of sp³-hybridized carbons (Fsp3) is 0.222. The monoisotopic (exact) mass is 337 g/mol. The zero-order valence-electron chi connectivity index (χ0n) is 14.1. The minimum Gasteiger partial charge on any atom is -0.366 e. The van der Waals surface area contributed by atoms with Gasteiger partial charge in [-0.05, 0) is 43.8 Å². The highest BCUT2D eigenvalue weighted by Gasteiger charge is 2.19. The Morgan fingerprint density at radius 2 is 2.16 bits per heavy atom. The van der Waals surface area contributed by atoms with Gasteiger partial charge in [0.25, 0.3) is 0 Å². The van der Waals surface area contributed by atoms with Crippen molar-refractivity contribution in [3.05, 3.63) is 65.8 Å². The van der Waals surface area contributed by atoms with Crippen molar-refractivity contribution >= 4 is 5.91 Å². The highest BCUT2D eigenvalue weighted by atomic mass is 16.5. The van der Waals surface area contributed by atoms with Crippen LogP contribution in [-0.4, -0.2) is 33.0 Å². The van der Waals surface area contributed by atoms with Crippen molar-refractivity contribution < 1.29 is 9.32 Å². The van der Waals surface area contributed by atoms with Crippen LogP contribution in [0.15, 0.2) is 53.3 Å². The number of benzene rings is 1. The van der Waals surface area contributed by atoms with Crippen LogP contribution in [0.25, 0.3) is 11.4 Å². The van der Waals surface area contributed by atoms with Crippen LogP contribution in [0.1, 0.15) is 34.8 Å². The molecular weight excluding hydrogens is 318 g/mol. The first-order valence-electron chi connectivity index (χ1n) is 7.87. The molecule has 0 fully saturated rings. The highest BCUT2D eigenvalue weighted by molar-refractivity contribution is 5.92. The number of pyridine rings is 1. The van der Waals surface area contributed by atoms with Crippen molar-refractivity contribution in [1.29, 1.82) is 0 Å². The molecule has 2 N–H and O–H groups in total. The molecule has 0 radical (unpaired) electrons. The fourth-order valence-electron chi connectivity index (χ4n) is 2.45. The molecule has 0 spiro atoms. The summed E-state index contributed by atoms with van der Waals surface area (Å²) < 4.78 is 5.40. The summed E-state index contributed by atoms with van der Waals surface area (Å²) in [5.41, 5.74) is 7.62. The third-order valence-electron chi connectivity index (χ3n) is 4.02. The molecule has 7 heteroatoms. The average Bonchev–Trinajstić information content (AvgIpc) is 3.12. The van der Waals surface area contributed by atoms with E-state index in [0.29, 0.717) is 23.8 Å². The lowest BCUT2D eigenvalue weighted by molar-refractivity contribution is 0.1000. The summed E-state index contributed by atoms with van der Waals surface area (Å²) in [6, 6.07) is 10.9. The maximum atomic E-state index is 11.3. The van der Waals surface area contributed by atoms with Gasteiger partial charge in [0, 0.05) is 30.1 Å². The first-order valence-corrected chi connectivity index (χ1v) is 7.87. The Bertz CT molecular complexity index is 863. The van der Waals surface area contributed by atoms with E-state index < -0.39 is 5.91 Å². The van der Waals surface area contributed by atoms with E-state index in [4.69, 9.17) is 10.3 Å². The van der Waals surface area contributed by atoms with Crippen molar-refractivity contribution in [1.82, 2.24) is 20.0 Å². The Morgan fingerprint density at radius 3 is 2.88 bits per heavy atom. The van der Waals surface area contributed by atoms with Crippen molar-refractivity contribution in [3.8, 4) is 11.4 Å². The van der Waals surface area contributed by atoms with Crippen LogP contribution in [-0.2, 0) is 6.54 Å². The molecule has 3 aromatic rings. The second-order valence-electron chi connectivity index (χ2n) is 5.85. The van der Waals surface area contributed by atoms with Gasteiger partial charge in [0.05, 0.1) is 6.04 Å². The van der Waals surface area contributed by atoms with E-state index in [1.54, 1.807) is 24.5 Å². The summed E-state index contributed by atoms with van der Waals surface area (Å²) in [6.07, 6.45) is 3.39. The molecule has 0 aliphatic carbocycles. The number of nitrogens with two attached hydrogens (primary N) is 1. The van der Waals surface area contributed by atoms with E-state index in [0.717, 1.165) is 11.1 Å². The quantitative estimate of drug-likeness (QED) is 0.742. The Labute approximate surface area is 145 Å². The molecule has 0 aliphatic heterocycles. The van der Waals surface area contributed by atoms with Gasteiger partial charge in [0.15, 0.2) is 0 Å². The molecule has 1 aromatic carbocycles. The molecular formula is C18H19N5O2. The number of rotatable bonds is 6. The maximum absolute atomic E-state index is 11.3. The van der Waals surface area contributed by atoms with Gasteiger partial charge in [0.1, 0.15) is 0 Å². The maximum Gasteiger partial charge on any atom is 0.248 e. The molecule has 0 aliphatic rings. The van der Waals surface area contributed by atoms with Crippen LogP contribution in [0, 0.1) is 0 Å². The second kappa shape index (κ2) is 7.23. The van der Waals surface area contributed by atoms with E-state index >= 15 is 0 Å². The molecule has 1 atom stereocenters. The largest absolute Gasteiger partial charge is 0.366 e. The van der Waals surface area contributed by atoms with E-state index in [-0.39, 0.29) is 6.04 Å². The zero-order valence-corrected chi connectivity index (χ0v) is 14.1. The molecule has 0 unspecified atom stereocenters. The molecule has 3 rings (SSSR count). The predicted molar refractivity (Wildman–Crippen MR) is 92.4 cm³/mol. The molecule has 0 saturated heterocycles. The van der Waals surface area contributed by atoms with E-state index in [9.17, 15) is 4.79 Å². The summed E-state index contributed by atoms with van der Waals surface area (Å²) in [4.78, 5) is 21.9. The number of primary amides is 1. The number of nitrogens with zero attached hydrogens (tertiary/aromatic N) is 4. The molecule has 25 heavy (non-hydrogen) atoms. The summed E-state index contributed by atoms with van der Waals surface area (Å²) in [7, 11) is 1.95. The third-order valence-corrected chi connectivity index (χ3v) is 4.02. The minimum absolute atomic E-state index is 0.0878. The first-order chi connectivity index (χ1) is 12.0. The lowest BCUT2D eigenvalue weighted by atomic mass is 10.1. The highest BCUT2D eigenvalue weighted by Crippen LogP contribution is 2.22. The first kappa shape index (κ1) is 16.8. The fourth-order valence-corrected chi connectivity index (χ4v) is 2.45. The summed E-state index contributed by atoms with van der Waals surface area (Å²) in [6.45, 7) is 2.60. The smallest absolute Gasteiger partial charge is 0.248 e. The van der Waals surface area contributed by atoms with Gasteiger partial charge >= 0.3 is 0 Å². The van der Waals surface area contributed by atoms with Crippen LogP contribution in [0.3, 0.4) is 0 Å². The topological polar surface area (TPSA) is 98.1 Å². The summed E-state index contributed by atoms with van der Waals surface area (Å²) in [5.74, 6) is 0.599. The number of hydrogen-bond donors (Lipinski definition) is 1. The SMILES string of the molecule is C[C@H](c1nc(-c2cccnc2)no1)N(C)Cc1cccc(C(N)=O)c1. The predicted octanol–water partition coefficient (Wildman–Crippen LogP) is 2.42. The van der Waals surface area contributed by atoms with Gasteiger partial charge in [-0.2, -0.15) is 4.98 Å². The number of carbonyl (C=O) groups excluding carboxylic acids is 1. The van der Waals surface area contributed by atoms with Crippen LogP contribution >= 0.6 is 0 Å². The molecule has 0 bridgehead atoms. The standard InChI is InChI=1S/C18H19N5O2/c1-12(18-21-17(22-25-18)15-7-4-8-20-10-15)23(2)11-13-5-3-6-14(9-13)16(19)24/h3-10,12H,11H2,1-2H3,(H2,19,24)/t12-/m1/s1. The molecule has 1 amide bonds. The van der Waals surface area contributed by atoms with Gasteiger partial charge in [-0.25, -0.2) is 0 Å². The molecule has 128 valence electrons. The lowest BCUT2D eigenvalue weighted by Crippen LogP contribution is -2.22. The van der Waals surface area contributed by atoms with E-state index in [1.807, 2.05) is 38.2 Å². The molecule has 7 nitrogen and oxygen atoms in total. The van der Waals surface area contributed by atoms with Crippen molar-refractivity contribution in [3.63, 3.8) is 0 Å². The Hall–Kier alpha value is -3.06.